The number of rotatable bonds is 35. The zero-order chi connectivity index (χ0) is 59.2. The van der Waals surface area contributed by atoms with Crippen molar-refractivity contribution in [3.8, 4) is 40.0 Å². The topological polar surface area (TPSA) is 295 Å². The van der Waals surface area contributed by atoms with Crippen LogP contribution in [-0.4, -0.2) is 84.9 Å². The summed E-state index contributed by atoms with van der Waals surface area (Å²) < 4.78 is 55.5. The lowest BCUT2D eigenvalue weighted by atomic mass is 9.81. The number of nitrogens with one attached hydrogen (secondary N) is 7. The third-order valence-electron chi connectivity index (χ3n) is 13.5. The number of benzene rings is 4. The Morgan fingerprint density at radius 1 is 0.671 bits per heavy atom. The molecule has 6 aromatic rings. The summed E-state index contributed by atoms with van der Waals surface area (Å²) >= 11 is 0. The van der Waals surface area contributed by atoms with Crippen LogP contribution in [0.15, 0.2) is 105 Å². The number of methoxy groups -OCH3 is 1. The molecule has 22 nitrogen and oxygen atoms in total. The molecule has 1 unspecified atom stereocenters. The molecule has 2 heterocycles. The van der Waals surface area contributed by atoms with E-state index in [-0.39, 0.29) is 64.1 Å². The van der Waals surface area contributed by atoms with Crippen LogP contribution in [0.5, 0.6) is 17.2 Å². The molecule has 4 aromatic carbocycles. The fourth-order valence-electron chi connectivity index (χ4n) is 8.45. The van der Waals surface area contributed by atoms with E-state index in [9.17, 15) is 22.8 Å². The summed E-state index contributed by atoms with van der Waals surface area (Å²) in [5.41, 5.74) is 13.5. The highest BCUT2D eigenvalue weighted by Crippen LogP contribution is 2.35. The molecule has 0 fully saturated rings. The van der Waals surface area contributed by atoms with Gasteiger partial charge in [-0.3, -0.25) is 0 Å². The fraction of sp³-hybridized carbons (Fsp3) is 0.475. The minimum atomic E-state index is -4.04. The van der Waals surface area contributed by atoms with Crippen molar-refractivity contribution in [3.63, 3.8) is 0 Å². The monoisotopic (exact) mass is 1150 g/mol. The highest BCUT2D eigenvalue weighted by molar-refractivity contribution is 7.89. The number of aryl methyl sites for hydroxylation is 1. The van der Waals surface area contributed by atoms with Gasteiger partial charge in [0.05, 0.1) is 19.3 Å². The van der Waals surface area contributed by atoms with Crippen LogP contribution in [0.2, 0.25) is 0 Å². The van der Waals surface area contributed by atoms with Crippen LogP contribution in [0.25, 0.3) is 22.8 Å². The Bertz CT molecular complexity index is 2990. The molecule has 0 saturated heterocycles. The van der Waals surface area contributed by atoms with E-state index < -0.39 is 22.0 Å². The Morgan fingerprint density at radius 3 is 1.88 bits per heavy atom. The lowest BCUT2D eigenvalue weighted by Crippen LogP contribution is -2.44. The number of carbonyl (C=O) groups is 3. The smallest absolute Gasteiger partial charge is 0.340 e. The quantitative estimate of drug-likeness (QED) is 0.0104. The largest absolute Gasteiger partial charge is 0.495 e. The third kappa shape index (κ3) is 22.2. The molecule has 6 rings (SSSR count). The van der Waals surface area contributed by atoms with E-state index in [0.29, 0.717) is 36.4 Å². The van der Waals surface area contributed by atoms with Crippen molar-refractivity contribution in [1.29, 1.82) is 0 Å². The van der Waals surface area contributed by atoms with Crippen LogP contribution in [0.1, 0.15) is 159 Å². The molecular formula is C59H83N11O11S. The predicted molar refractivity (Wildman–Crippen MR) is 315 cm³/mol. The van der Waals surface area contributed by atoms with E-state index in [2.05, 4.69) is 105 Å². The van der Waals surface area contributed by atoms with E-state index >= 15 is 0 Å². The van der Waals surface area contributed by atoms with Crippen molar-refractivity contribution in [3.05, 3.63) is 108 Å². The van der Waals surface area contributed by atoms with Gasteiger partial charge in [-0.15, -0.1) is 0 Å². The van der Waals surface area contributed by atoms with E-state index in [1.54, 1.807) is 42.5 Å². The zero-order valence-corrected chi connectivity index (χ0v) is 49.2. The number of anilines is 2. The molecule has 82 heavy (non-hydrogen) atoms. The molecule has 0 aliphatic heterocycles. The number of carboxylic acid groups (broad SMARTS) is 1. The molecule has 0 aliphatic rings. The van der Waals surface area contributed by atoms with Gasteiger partial charge in [-0.25, -0.2) is 44.5 Å². The number of carboxylic acids is 1. The molecular weight excluding hydrogens is 1070 g/mol. The first-order valence-electron chi connectivity index (χ1n) is 28.3. The number of amides is 4. The van der Waals surface area contributed by atoms with Gasteiger partial charge in [0.1, 0.15) is 22.1 Å². The number of para-hydroxylation sites is 1. The van der Waals surface area contributed by atoms with E-state index in [1.165, 1.54) is 107 Å². The van der Waals surface area contributed by atoms with Crippen molar-refractivity contribution >= 4 is 40.1 Å². The standard InChI is InChI=1S/C32H40N6O7S.C27H43N5O4/c1-6-32(3,4)25-19-22(2)13-15-26(25)43-18-10-17-33-30(39)36-37-31-35-29(38-45-31)23-14-16-27(42-5)28(20-23)46(40,41)34-21-44-24-11-8-7-9-12-24;1-3-5-7-9-10-12-14-19-23(18-13-11-8-6-4-2)28-26(35)30-31-27-29-24(32-36-27)21-16-15-17-22(20-21)25(33)34/h7-9,11-16,19-20,34H,6,10,17-18,21H2,1-5H3,(H2,33,36,39)(H,35,37,38);15-17,20,23H,3-14,18-19H2,1-2H3,(H,33,34)(H2,28,30,35)(H,29,31,32). The maximum Gasteiger partial charge on any atom is 0.340 e. The summed E-state index contributed by atoms with van der Waals surface area (Å²) in [6.07, 6.45) is 18.3. The Labute approximate surface area is 482 Å². The summed E-state index contributed by atoms with van der Waals surface area (Å²) in [5, 5.41) is 22.7. The lowest BCUT2D eigenvalue weighted by molar-refractivity contribution is 0.0696. The number of urea groups is 2. The Hall–Kier alpha value is -7.92. The SMILES string of the molecule is CCC(C)(C)c1cc(C)ccc1OCCCNC(=O)NNc1nc(-c2ccc(OC)c(S(=O)(=O)NCOc3ccccc3)c2)no1.CCCCCCCCCC(CCCCCCC)NC(=O)NNc1nc(-c2cccc(C(=O)O)c2)no1. The fourth-order valence-corrected chi connectivity index (χ4v) is 9.52. The second kappa shape index (κ2) is 34.4. The number of unbranched alkanes of at least 4 members (excludes halogenated alkanes) is 10. The minimum absolute atomic E-state index is 0.0115. The first kappa shape index (κ1) is 64.9. The summed E-state index contributed by atoms with van der Waals surface area (Å²) in [6, 6.07) is 24.8. The van der Waals surface area contributed by atoms with Crippen LogP contribution in [0.3, 0.4) is 0 Å². The van der Waals surface area contributed by atoms with Crippen LogP contribution < -0.4 is 51.3 Å². The van der Waals surface area contributed by atoms with Crippen molar-refractivity contribution in [2.24, 2.45) is 0 Å². The van der Waals surface area contributed by atoms with Crippen molar-refractivity contribution in [1.82, 2.24) is 46.5 Å². The lowest BCUT2D eigenvalue weighted by Gasteiger charge is -2.26. The zero-order valence-electron chi connectivity index (χ0n) is 48.4. The Kier molecular flexibility index (Phi) is 27.2. The molecule has 446 valence electrons. The average molecular weight is 1150 g/mol. The van der Waals surface area contributed by atoms with Crippen LogP contribution in [-0.2, 0) is 15.4 Å². The van der Waals surface area contributed by atoms with Gasteiger partial charge in [-0.05, 0) is 92.1 Å². The third-order valence-corrected chi connectivity index (χ3v) is 14.9. The summed E-state index contributed by atoms with van der Waals surface area (Å²) in [4.78, 5) is 44.2. The normalized spacial score (nSPS) is 11.6. The molecule has 8 N–H and O–H groups in total. The highest BCUT2D eigenvalue weighted by Gasteiger charge is 2.24. The number of ether oxygens (including phenoxy) is 3. The molecule has 0 saturated carbocycles. The summed E-state index contributed by atoms with van der Waals surface area (Å²) in [5.74, 6) is 0.761. The summed E-state index contributed by atoms with van der Waals surface area (Å²) in [7, 11) is -2.67. The number of aromatic carboxylic acids is 1. The van der Waals surface area contributed by atoms with Gasteiger partial charge < -0.3 is 39.0 Å². The maximum absolute atomic E-state index is 13.0. The Morgan fingerprint density at radius 2 is 1.27 bits per heavy atom. The molecule has 0 radical (unpaired) electrons. The van der Waals surface area contributed by atoms with E-state index in [1.807, 2.05) is 18.2 Å². The summed E-state index contributed by atoms with van der Waals surface area (Å²) in [6.45, 7) is 13.6. The van der Waals surface area contributed by atoms with Gasteiger partial charge in [-0.1, -0.05) is 170 Å². The van der Waals surface area contributed by atoms with Crippen LogP contribution in [0, 0.1) is 6.92 Å². The number of hydrogen-bond acceptors (Lipinski definition) is 16. The van der Waals surface area contributed by atoms with Gasteiger partial charge in [0.15, 0.2) is 6.73 Å². The van der Waals surface area contributed by atoms with Gasteiger partial charge in [-0.2, -0.15) is 14.7 Å². The molecule has 0 aliphatic carbocycles. The van der Waals surface area contributed by atoms with Crippen molar-refractivity contribution in [2.45, 2.75) is 161 Å². The number of nitrogens with zero attached hydrogens (tertiary/aromatic N) is 4. The van der Waals surface area contributed by atoms with E-state index in [4.69, 9.17) is 28.4 Å². The molecule has 23 heteroatoms. The van der Waals surface area contributed by atoms with Crippen molar-refractivity contribution < 1.29 is 51.2 Å². The van der Waals surface area contributed by atoms with Gasteiger partial charge in [0, 0.05) is 23.7 Å². The van der Waals surface area contributed by atoms with Crippen molar-refractivity contribution in [2.75, 3.05) is 37.8 Å². The highest BCUT2D eigenvalue weighted by atomic mass is 32.2. The number of sulfonamides is 1. The first-order valence-corrected chi connectivity index (χ1v) is 29.8. The van der Waals surface area contributed by atoms with Gasteiger partial charge in [0.2, 0.25) is 21.7 Å². The number of carbonyl (C=O) groups excluding carboxylic acids is 2. The number of hydrazine groups is 2. The Balaban J connectivity index is 0.000000310. The van der Waals surface area contributed by atoms with Crippen LogP contribution in [0.4, 0.5) is 21.6 Å². The average Bonchev–Trinajstić information content (AvgIpc) is 4.28. The first-order chi connectivity index (χ1) is 39.5. The molecule has 4 amide bonds. The second-order valence-electron chi connectivity index (χ2n) is 20.3. The van der Waals surface area contributed by atoms with E-state index in [0.717, 1.165) is 37.9 Å². The molecule has 0 spiro atoms. The molecule has 0 bridgehead atoms. The number of aromatic nitrogens is 4. The van der Waals surface area contributed by atoms with Gasteiger partial charge in [0.25, 0.3) is 0 Å². The molecule has 2 aromatic heterocycles. The van der Waals surface area contributed by atoms with Gasteiger partial charge >= 0.3 is 30.1 Å². The maximum atomic E-state index is 13.0. The second-order valence-corrected chi connectivity index (χ2v) is 22.1. The number of hydrogen-bond donors (Lipinski definition) is 8. The van der Waals surface area contributed by atoms with Crippen LogP contribution >= 0.6 is 0 Å². The minimum Gasteiger partial charge on any atom is -0.495 e. The molecule has 1 atom stereocenters. The predicted octanol–water partition coefficient (Wildman–Crippen LogP) is 12.1.